The zero-order chi connectivity index (χ0) is 13.8. The van der Waals surface area contributed by atoms with Crippen molar-refractivity contribution in [1.29, 1.82) is 0 Å². The van der Waals surface area contributed by atoms with Gasteiger partial charge in [-0.15, -0.1) is 0 Å². The highest BCUT2D eigenvalue weighted by Gasteiger charge is 2.08. The minimum absolute atomic E-state index is 0.462. The summed E-state index contributed by atoms with van der Waals surface area (Å²) in [6, 6.07) is 13.3. The summed E-state index contributed by atoms with van der Waals surface area (Å²) in [5.41, 5.74) is 1.57. The van der Waals surface area contributed by atoms with Crippen LogP contribution in [-0.2, 0) is 11.3 Å². The Morgan fingerprint density at radius 2 is 2.00 bits per heavy atom. The van der Waals surface area contributed by atoms with Gasteiger partial charge in [-0.05, 0) is 19.1 Å². The van der Waals surface area contributed by atoms with Gasteiger partial charge in [0, 0.05) is 18.7 Å². The van der Waals surface area contributed by atoms with Gasteiger partial charge in [0.15, 0.2) is 5.65 Å². The van der Waals surface area contributed by atoms with Crippen molar-refractivity contribution >= 4 is 5.65 Å². The lowest BCUT2D eigenvalue weighted by atomic mass is 10.3. The lowest BCUT2D eigenvalue weighted by Crippen LogP contribution is -2.02. The van der Waals surface area contributed by atoms with Crippen molar-refractivity contribution in [2.24, 2.45) is 0 Å². The summed E-state index contributed by atoms with van der Waals surface area (Å²) in [4.78, 5) is 4.47. The van der Waals surface area contributed by atoms with Crippen LogP contribution in [0.5, 0.6) is 11.6 Å². The molecule has 0 aliphatic carbocycles. The minimum atomic E-state index is 0.462. The third kappa shape index (κ3) is 2.62. The van der Waals surface area contributed by atoms with E-state index in [0.29, 0.717) is 19.1 Å². The molecule has 0 aliphatic heterocycles. The first-order chi connectivity index (χ1) is 9.86. The molecular formula is C15H15N3O2. The number of benzene rings is 1. The molecule has 102 valence electrons. The van der Waals surface area contributed by atoms with Crippen LogP contribution >= 0.6 is 0 Å². The van der Waals surface area contributed by atoms with E-state index in [-0.39, 0.29) is 0 Å². The molecule has 0 radical (unpaired) electrons. The van der Waals surface area contributed by atoms with Gasteiger partial charge in [-0.1, -0.05) is 18.2 Å². The second-order valence-electron chi connectivity index (χ2n) is 4.24. The summed E-state index contributed by atoms with van der Waals surface area (Å²) < 4.78 is 12.9. The molecular weight excluding hydrogens is 254 g/mol. The zero-order valence-corrected chi connectivity index (χ0v) is 11.2. The lowest BCUT2D eigenvalue weighted by Gasteiger charge is -2.09. The van der Waals surface area contributed by atoms with Crippen LogP contribution in [0.3, 0.4) is 0 Å². The van der Waals surface area contributed by atoms with E-state index < -0.39 is 0 Å². The van der Waals surface area contributed by atoms with Gasteiger partial charge in [0.05, 0.1) is 18.5 Å². The number of hydrogen-bond donors (Lipinski definition) is 0. The molecule has 0 aliphatic rings. The fraction of sp³-hybridized carbons (Fsp3) is 0.200. The fourth-order valence-corrected chi connectivity index (χ4v) is 1.90. The van der Waals surface area contributed by atoms with Gasteiger partial charge in [0.1, 0.15) is 5.75 Å². The molecule has 3 rings (SSSR count). The molecule has 2 heterocycles. The Morgan fingerprint density at radius 3 is 2.80 bits per heavy atom. The Labute approximate surface area is 116 Å². The smallest absolute Gasteiger partial charge is 0.224 e. The van der Waals surface area contributed by atoms with Crippen LogP contribution in [0.15, 0.2) is 48.7 Å². The quantitative estimate of drug-likeness (QED) is 0.714. The molecule has 0 amide bonds. The molecule has 3 aromatic rings. The van der Waals surface area contributed by atoms with Crippen LogP contribution in [0, 0.1) is 0 Å². The van der Waals surface area contributed by atoms with Crippen LogP contribution < -0.4 is 4.74 Å². The Morgan fingerprint density at radius 1 is 1.15 bits per heavy atom. The van der Waals surface area contributed by atoms with E-state index in [9.17, 15) is 0 Å². The number of fused-ring (bicyclic) bond motifs is 1. The normalized spacial score (nSPS) is 10.8. The number of ether oxygens (including phenoxy) is 2. The van der Waals surface area contributed by atoms with Crippen LogP contribution in [0.25, 0.3) is 5.65 Å². The van der Waals surface area contributed by atoms with Crippen molar-refractivity contribution in [3.63, 3.8) is 0 Å². The topological polar surface area (TPSA) is 48.7 Å². The van der Waals surface area contributed by atoms with Gasteiger partial charge < -0.3 is 9.47 Å². The summed E-state index contributed by atoms with van der Waals surface area (Å²) in [5.74, 6) is 1.39. The van der Waals surface area contributed by atoms with Crippen molar-refractivity contribution in [1.82, 2.24) is 14.6 Å². The highest BCUT2D eigenvalue weighted by Crippen LogP contribution is 2.22. The van der Waals surface area contributed by atoms with E-state index in [1.807, 2.05) is 49.4 Å². The van der Waals surface area contributed by atoms with Gasteiger partial charge in [-0.25, -0.2) is 4.98 Å². The van der Waals surface area contributed by atoms with Gasteiger partial charge in [0.25, 0.3) is 0 Å². The average Bonchev–Trinajstić information content (AvgIpc) is 2.95. The summed E-state index contributed by atoms with van der Waals surface area (Å²) in [7, 11) is 0. The largest absolute Gasteiger partial charge is 0.439 e. The maximum atomic E-state index is 5.88. The highest BCUT2D eigenvalue weighted by molar-refractivity contribution is 5.42. The predicted octanol–water partition coefficient (Wildman–Crippen LogP) is 3.06. The first kappa shape index (κ1) is 12.6. The minimum Gasteiger partial charge on any atom is -0.439 e. The Bertz CT molecular complexity index is 695. The third-order valence-electron chi connectivity index (χ3n) is 2.80. The zero-order valence-electron chi connectivity index (χ0n) is 11.2. The molecule has 0 N–H and O–H groups in total. The maximum Gasteiger partial charge on any atom is 0.224 e. The van der Waals surface area contributed by atoms with Gasteiger partial charge in [-0.2, -0.15) is 9.61 Å². The van der Waals surface area contributed by atoms with E-state index in [1.54, 1.807) is 10.7 Å². The molecule has 0 unspecified atom stereocenters. The molecule has 0 saturated carbocycles. The third-order valence-corrected chi connectivity index (χ3v) is 2.80. The monoisotopic (exact) mass is 269 g/mol. The van der Waals surface area contributed by atoms with E-state index in [0.717, 1.165) is 17.1 Å². The molecule has 0 atom stereocenters. The van der Waals surface area contributed by atoms with Crippen molar-refractivity contribution in [2.45, 2.75) is 13.5 Å². The SMILES string of the molecule is CCOCc1cc(Oc2ccccc2)n2nccc2n1. The number of hydrogen-bond acceptors (Lipinski definition) is 4. The van der Waals surface area contributed by atoms with E-state index in [1.165, 1.54) is 0 Å². The molecule has 2 aromatic heterocycles. The Hall–Kier alpha value is -2.40. The molecule has 0 saturated heterocycles. The second kappa shape index (κ2) is 5.71. The summed E-state index contributed by atoms with van der Waals surface area (Å²) in [6.45, 7) is 3.07. The average molecular weight is 269 g/mol. The standard InChI is InChI=1S/C15H15N3O2/c1-2-19-11-12-10-15(18-14(17-12)8-9-16-18)20-13-6-4-3-5-7-13/h3-10H,2,11H2,1H3. The fourth-order valence-electron chi connectivity index (χ4n) is 1.90. The van der Waals surface area contributed by atoms with Crippen LogP contribution in [0.1, 0.15) is 12.6 Å². The number of nitrogens with zero attached hydrogens (tertiary/aromatic N) is 3. The number of aromatic nitrogens is 3. The van der Waals surface area contributed by atoms with E-state index >= 15 is 0 Å². The molecule has 20 heavy (non-hydrogen) atoms. The summed E-state index contributed by atoms with van der Waals surface area (Å²) in [6.07, 6.45) is 1.70. The molecule has 0 bridgehead atoms. The second-order valence-corrected chi connectivity index (χ2v) is 4.24. The highest BCUT2D eigenvalue weighted by atomic mass is 16.5. The van der Waals surface area contributed by atoms with Gasteiger partial charge in [0.2, 0.25) is 5.88 Å². The van der Waals surface area contributed by atoms with Crippen LogP contribution in [0.2, 0.25) is 0 Å². The van der Waals surface area contributed by atoms with E-state index in [4.69, 9.17) is 9.47 Å². The van der Waals surface area contributed by atoms with Crippen molar-refractivity contribution in [3.8, 4) is 11.6 Å². The molecule has 5 heteroatoms. The van der Waals surface area contributed by atoms with Crippen molar-refractivity contribution in [3.05, 3.63) is 54.4 Å². The maximum absolute atomic E-state index is 5.88. The Kier molecular flexibility index (Phi) is 3.60. The lowest BCUT2D eigenvalue weighted by molar-refractivity contribution is 0.131. The molecule has 1 aromatic carbocycles. The first-order valence-corrected chi connectivity index (χ1v) is 6.51. The van der Waals surface area contributed by atoms with Crippen molar-refractivity contribution < 1.29 is 9.47 Å². The van der Waals surface area contributed by atoms with Crippen LogP contribution in [-0.4, -0.2) is 21.2 Å². The molecule has 0 fully saturated rings. The predicted molar refractivity (Wildman–Crippen MR) is 74.8 cm³/mol. The summed E-state index contributed by atoms with van der Waals surface area (Å²) >= 11 is 0. The molecule has 5 nitrogen and oxygen atoms in total. The van der Waals surface area contributed by atoms with Crippen LogP contribution in [0.4, 0.5) is 0 Å². The Balaban J connectivity index is 1.97. The number of rotatable bonds is 5. The number of para-hydroxylation sites is 1. The summed E-state index contributed by atoms with van der Waals surface area (Å²) in [5, 5.41) is 4.22. The van der Waals surface area contributed by atoms with Gasteiger partial charge in [-0.3, -0.25) is 0 Å². The van der Waals surface area contributed by atoms with Crippen molar-refractivity contribution in [2.75, 3.05) is 6.61 Å². The van der Waals surface area contributed by atoms with E-state index in [2.05, 4.69) is 10.1 Å². The first-order valence-electron chi connectivity index (χ1n) is 6.51. The van der Waals surface area contributed by atoms with Gasteiger partial charge >= 0.3 is 0 Å². The molecule has 0 spiro atoms.